The Morgan fingerprint density at radius 2 is 1.40 bits per heavy atom. The Bertz CT molecular complexity index is 1730. The lowest BCUT2D eigenvalue weighted by Gasteiger charge is -2.35. The molecule has 0 unspecified atom stereocenters. The van der Waals surface area contributed by atoms with Crippen molar-refractivity contribution >= 4 is 66.7 Å². The molecule has 0 aliphatic heterocycles. The third-order valence-corrected chi connectivity index (χ3v) is 9.47. The number of amides is 2. The number of benzene rings is 4. The minimum atomic E-state index is -4.27. The molecule has 0 heterocycles. The molecule has 0 fully saturated rings. The number of rotatable bonds is 11. The standard InChI is InChI=1S/C34H34BrCl2N3O4S/c1-34(2,3)38-33(42)31(18-24-11-6-4-7-12-24)39(22-25-13-10-14-26(35)17-25)32(41)23-40(29-20-27(36)19-28(37)21-29)45(43,44)30-15-8-5-9-16-30/h4-17,19-21,31H,18,22-23H2,1-3H3,(H,38,42)/t31-/m0/s1. The first-order valence-electron chi connectivity index (χ1n) is 14.2. The fourth-order valence-corrected chi connectivity index (χ4v) is 7.15. The number of carbonyl (C=O) groups excluding carboxylic acids is 2. The number of anilines is 1. The third kappa shape index (κ3) is 9.56. The first-order valence-corrected chi connectivity index (χ1v) is 17.2. The Labute approximate surface area is 283 Å². The highest BCUT2D eigenvalue weighted by atomic mass is 79.9. The molecule has 4 rings (SSSR count). The van der Waals surface area contributed by atoms with Gasteiger partial charge in [0.15, 0.2) is 0 Å². The van der Waals surface area contributed by atoms with Crippen LogP contribution in [0.25, 0.3) is 0 Å². The Morgan fingerprint density at radius 1 is 0.822 bits per heavy atom. The molecule has 0 saturated carbocycles. The van der Waals surface area contributed by atoms with E-state index < -0.39 is 34.1 Å². The monoisotopic (exact) mass is 729 g/mol. The van der Waals surface area contributed by atoms with E-state index in [1.165, 1.54) is 35.2 Å². The van der Waals surface area contributed by atoms with Gasteiger partial charge in [-0.25, -0.2) is 8.42 Å². The molecule has 45 heavy (non-hydrogen) atoms. The van der Waals surface area contributed by atoms with Crippen LogP contribution < -0.4 is 9.62 Å². The number of halogens is 3. The van der Waals surface area contributed by atoms with Crippen LogP contribution in [0.4, 0.5) is 5.69 Å². The van der Waals surface area contributed by atoms with E-state index in [-0.39, 0.29) is 39.5 Å². The van der Waals surface area contributed by atoms with E-state index in [1.54, 1.807) is 18.2 Å². The maximum atomic E-state index is 14.5. The van der Waals surface area contributed by atoms with E-state index in [9.17, 15) is 18.0 Å². The van der Waals surface area contributed by atoms with E-state index in [4.69, 9.17) is 23.2 Å². The molecule has 4 aromatic rings. The fourth-order valence-electron chi connectivity index (χ4n) is 4.77. The number of hydrogen-bond donors (Lipinski definition) is 1. The summed E-state index contributed by atoms with van der Waals surface area (Å²) in [6, 6.07) is 28.0. The second-order valence-corrected chi connectivity index (χ2v) is 15.2. The van der Waals surface area contributed by atoms with Crippen LogP contribution in [-0.4, -0.2) is 43.3 Å². The van der Waals surface area contributed by atoms with Crippen molar-refractivity contribution in [2.24, 2.45) is 0 Å². The molecule has 1 N–H and O–H groups in total. The number of sulfonamides is 1. The lowest BCUT2D eigenvalue weighted by Crippen LogP contribution is -2.56. The number of carbonyl (C=O) groups is 2. The highest BCUT2D eigenvalue weighted by Crippen LogP contribution is 2.30. The maximum Gasteiger partial charge on any atom is 0.264 e. The Balaban J connectivity index is 1.84. The molecule has 236 valence electrons. The second-order valence-electron chi connectivity index (χ2n) is 11.5. The molecule has 0 aromatic heterocycles. The number of nitrogens with zero attached hydrogens (tertiary/aromatic N) is 2. The van der Waals surface area contributed by atoms with Gasteiger partial charge in [-0.1, -0.05) is 99.8 Å². The quantitative estimate of drug-likeness (QED) is 0.173. The number of hydrogen-bond acceptors (Lipinski definition) is 4. The van der Waals surface area contributed by atoms with Gasteiger partial charge in [-0.15, -0.1) is 0 Å². The molecule has 0 radical (unpaired) electrons. The third-order valence-electron chi connectivity index (χ3n) is 6.76. The van der Waals surface area contributed by atoms with E-state index in [0.717, 1.165) is 19.9 Å². The van der Waals surface area contributed by atoms with Gasteiger partial charge in [0.1, 0.15) is 12.6 Å². The lowest BCUT2D eigenvalue weighted by atomic mass is 10.0. The molecule has 1 atom stereocenters. The van der Waals surface area contributed by atoms with E-state index in [0.29, 0.717) is 0 Å². The summed E-state index contributed by atoms with van der Waals surface area (Å²) in [7, 11) is -4.27. The first-order chi connectivity index (χ1) is 21.2. The summed E-state index contributed by atoms with van der Waals surface area (Å²) < 4.78 is 29.9. The zero-order chi connectivity index (χ0) is 32.8. The summed E-state index contributed by atoms with van der Waals surface area (Å²) in [6.07, 6.45) is 0.205. The summed E-state index contributed by atoms with van der Waals surface area (Å²) >= 11 is 16.1. The zero-order valence-corrected chi connectivity index (χ0v) is 29.0. The van der Waals surface area contributed by atoms with Crippen LogP contribution in [0.3, 0.4) is 0 Å². The van der Waals surface area contributed by atoms with Crippen molar-refractivity contribution in [3.63, 3.8) is 0 Å². The molecule has 0 bridgehead atoms. The van der Waals surface area contributed by atoms with Gasteiger partial charge in [-0.3, -0.25) is 13.9 Å². The van der Waals surface area contributed by atoms with Gasteiger partial charge in [0, 0.05) is 33.0 Å². The average Bonchev–Trinajstić information content (AvgIpc) is 2.97. The molecule has 2 amide bonds. The summed E-state index contributed by atoms with van der Waals surface area (Å²) in [5.74, 6) is -0.950. The minimum Gasteiger partial charge on any atom is -0.350 e. The van der Waals surface area contributed by atoms with Crippen LogP contribution in [0.2, 0.25) is 10.0 Å². The molecule has 0 saturated heterocycles. The topological polar surface area (TPSA) is 86.8 Å². The van der Waals surface area contributed by atoms with Crippen LogP contribution >= 0.6 is 39.1 Å². The van der Waals surface area contributed by atoms with Crippen molar-refractivity contribution in [3.8, 4) is 0 Å². The first kappa shape index (κ1) is 34.5. The predicted molar refractivity (Wildman–Crippen MR) is 184 cm³/mol. The fraction of sp³-hybridized carbons (Fsp3) is 0.235. The van der Waals surface area contributed by atoms with Gasteiger partial charge in [0.2, 0.25) is 11.8 Å². The van der Waals surface area contributed by atoms with Gasteiger partial charge < -0.3 is 10.2 Å². The molecule has 0 aliphatic carbocycles. The number of nitrogens with one attached hydrogen (secondary N) is 1. The van der Waals surface area contributed by atoms with Gasteiger partial charge in [-0.2, -0.15) is 0 Å². The molecular formula is C34H34BrCl2N3O4S. The summed E-state index contributed by atoms with van der Waals surface area (Å²) in [5.41, 5.74) is 1.12. The minimum absolute atomic E-state index is 0.0150. The zero-order valence-electron chi connectivity index (χ0n) is 25.1. The van der Waals surface area contributed by atoms with Gasteiger partial charge in [-0.05, 0) is 74.4 Å². The molecular weight excluding hydrogens is 697 g/mol. The van der Waals surface area contributed by atoms with Gasteiger partial charge in [0.25, 0.3) is 10.0 Å². The van der Waals surface area contributed by atoms with Crippen LogP contribution in [0.5, 0.6) is 0 Å². The van der Waals surface area contributed by atoms with Gasteiger partial charge in [0.05, 0.1) is 10.6 Å². The van der Waals surface area contributed by atoms with E-state index in [1.807, 2.05) is 75.4 Å². The van der Waals surface area contributed by atoms with Crippen molar-refractivity contribution in [2.75, 3.05) is 10.8 Å². The van der Waals surface area contributed by atoms with Crippen molar-refractivity contribution in [1.82, 2.24) is 10.2 Å². The van der Waals surface area contributed by atoms with E-state index >= 15 is 0 Å². The van der Waals surface area contributed by atoms with Crippen molar-refractivity contribution in [3.05, 3.63) is 129 Å². The lowest BCUT2D eigenvalue weighted by molar-refractivity contribution is -0.140. The molecule has 0 aliphatic rings. The molecule has 0 spiro atoms. The van der Waals surface area contributed by atoms with Crippen molar-refractivity contribution in [2.45, 2.75) is 50.2 Å². The maximum absolute atomic E-state index is 14.5. The summed E-state index contributed by atoms with van der Waals surface area (Å²) in [4.78, 5) is 29.9. The van der Waals surface area contributed by atoms with Gasteiger partial charge >= 0.3 is 0 Å². The van der Waals surface area contributed by atoms with Crippen LogP contribution in [0.1, 0.15) is 31.9 Å². The molecule has 7 nitrogen and oxygen atoms in total. The smallest absolute Gasteiger partial charge is 0.264 e. The van der Waals surface area contributed by atoms with Crippen LogP contribution in [-0.2, 0) is 32.6 Å². The average molecular weight is 732 g/mol. The molecule has 11 heteroatoms. The Morgan fingerprint density at radius 3 is 1.98 bits per heavy atom. The van der Waals surface area contributed by atoms with Crippen molar-refractivity contribution < 1.29 is 18.0 Å². The predicted octanol–water partition coefficient (Wildman–Crippen LogP) is 7.51. The Hall–Kier alpha value is -3.37. The summed E-state index contributed by atoms with van der Waals surface area (Å²) in [5, 5.41) is 3.43. The molecule has 4 aromatic carbocycles. The van der Waals surface area contributed by atoms with Crippen LogP contribution in [0.15, 0.2) is 112 Å². The summed E-state index contributed by atoms with van der Waals surface area (Å²) in [6.45, 7) is 5.02. The highest BCUT2D eigenvalue weighted by Gasteiger charge is 2.35. The second kappa shape index (κ2) is 14.8. The van der Waals surface area contributed by atoms with Crippen LogP contribution in [0, 0.1) is 0 Å². The SMILES string of the molecule is CC(C)(C)NC(=O)[C@H](Cc1ccccc1)N(Cc1cccc(Br)c1)C(=O)CN(c1cc(Cl)cc(Cl)c1)S(=O)(=O)c1ccccc1. The van der Waals surface area contributed by atoms with Crippen molar-refractivity contribution in [1.29, 1.82) is 0 Å². The highest BCUT2D eigenvalue weighted by molar-refractivity contribution is 9.10. The van der Waals surface area contributed by atoms with E-state index in [2.05, 4.69) is 21.2 Å². The normalized spacial score (nSPS) is 12.3. The largest absolute Gasteiger partial charge is 0.350 e. The Kier molecular flexibility index (Phi) is 11.4.